The van der Waals surface area contributed by atoms with Gasteiger partial charge in [0.05, 0.1) is 6.33 Å². The highest BCUT2D eigenvalue weighted by molar-refractivity contribution is 5.93. The van der Waals surface area contributed by atoms with Gasteiger partial charge in [-0.2, -0.15) is 4.98 Å². The number of rotatable bonds is 10. The number of aromatic nitrogens is 4. The number of hydrogen-bond acceptors (Lipinski definition) is 9. The maximum Gasteiger partial charge on any atom is 0.413 e. The van der Waals surface area contributed by atoms with Crippen LogP contribution in [0.4, 0.5) is 15.4 Å². The van der Waals surface area contributed by atoms with Crippen LogP contribution in [0.5, 0.6) is 0 Å². The molecular weight excluding hydrogens is 514 g/mol. The summed E-state index contributed by atoms with van der Waals surface area (Å²) in [6.07, 6.45) is -0.337. The van der Waals surface area contributed by atoms with E-state index < -0.39 is 48.4 Å². The molecule has 3 rings (SSSR count). The van der Waals surface area contributed by atoms with Gasteiger partial charge in [-0.3, -0.25) is 19.9 Å². The van der Waals surface area contributed by atoms with Gasteiger partial charge in [0.25, 0.3) is 0 Å². The Morgan fingerprint density at radius 2 is 1.85 bits per heavy atom. The molecule has 0 aliphatic rings. The first-order valence-electron chi connectivity index (χ1n) is 11.8. The number of nitrogens with zero attached hydrogens (tertiary/aromatic N) is 4. The zero-order valence-corrected chi connectivity index (χ0v) is 21.6. The van der Waals surface area contributed by atoms with Crippen LogP contribution >= 0.6 is 0 Å². The van der Waals surface area contributed by atoms with E-state index in [1.54, 1.807) is 45.0 Å². The maximum atomic E-state index is 12.9. The molecule has 0 aliphatic carbocycles. The Morgan fingerprint density at radius 3 is 2.51 bits per heavy atom. The van der Waals surface area contributed by atoms with Crippen molar-refractivity contribution in [1.82, 2.24) is 29.7 Å². The molecule has 15 heteroatoms. The average molecular weight is 544 g/mol. The molecule has 2 heterocycles. The van der Waals surface area contributed by atoms with Crippen molar-refractivity contribution in [2.75, 3.05) is 25.0 Å². The van der Waals surface area contributed by atoms with Gasteiger partial charge in [-0.25, -0.2) is 19.4 Å². The van der Waals surface area contributed by atoms with Crippen molar-refractivity contribution in [3.63, 3.8) is 0 Å². The van der Waals surface area contributed by atoms with Gasteiger partial charge in [0, 0.05) is 13.1 Å². The molecule has 15 nitrogen and oxygen atoms in total. The molecule has 0 bridgehead atoms. The van der Waals surface area contributed by atoms with Crippen LogP contribution in [0, 0.1) is 0 Å². The summed E-state index contributed by atoms with van der Waals surface area (Å²) in [4.78, 5) is 71.9. The van der Waals surface area contributed by atoms with Gasteiger partial charge in [0.2, 0.25) is 5.91 Å². The Labute approximate surface area is 222 Å². The first-order valence-corrected chi connectivity index (χ1v) is 11.8. The van der Waals surface area contributed by atoms with Crippen molar-refractivity contribution in [3.05, 3.63) is 52.7 Å². The summed E-state index contributed by atoms with van der Waals surface area (Å²) in [5.74, 6) is -1.98. The van der Waals surface area contributed by atoms with E-state index >= 15 is 0 Å². The lowest BCUT2D eigenvalue weighted by Crippen LogP contribution is -2.43. The van der Waals surface area contributed by atoms with Gasteiger partial charge in [-0.05, 0) is 26.3 Å². The molecule has 0 spiro atoms. The summed E-state index contributed by atoms with van der Waals surface area (Å²) in [6, 6.07) is 8.97. The number of ether oxygens (including phenoxy) is 2. The summed E-state index contributed by atoms with van der Waals surface area (Å²) in [5.41, 5.74) is -0.724. The topological polar surface area (TPSA) is 198 Å². The lowest BCUT2D eigenvalue weighted by atomic mass is 10.2. The van der Waals surface area contributed by atoms with Crippen LogP contribution in [-0.2, 0) is 32.2 Å². The fourth-order valence-electron chi connectivity index (χ4n) is 3.34. The number of H-pyrrole nitrogens is 1. The normalized spacial score (nSPS) is 11.1. The minimum Gasteiger partial charge on any atom is -0.480 e. The second-order valence-corrected chi connectivity index (χ2v) is 9.29. The van der Waals surface area contributed by atoms with E-state index in [9.17, 15) is 29.1 Å². The first-order chi connectivity index (χ1) is 18.4. The lowest BCUT2D eigenvalue weighted by molar-refractivity contribution is -0.144. The number of anilines is 1. The molecule has 0 saturated heterocycles. The number of fused-ring (bicyclic) bond motifs is 1. The Kier molecular flexibility index (Phi) is 9.20. The van der Waals surface area contributed by atoms with Crippen LogP contribution in [0.25, 0.3) is 11.2 Å². The van der Waals surface area contributed by atoms with Gasteiger partial charge in [0.15, 0.2) is 5.65 Å². The zero-order valence-electron chi connectivity index (χ0n) is 21.6. The van der Waals surface area contributed by atoms with Crippen LogP contribution in [0.2, 0.25) is 0 Å². The Hall–Kier alpha value is -4.95. The molecule has 0 fully saturated rings. The quantitative estimate of drug-likeness (QED) is 0.289. The number of carbonyl (C=O) groups is 4. The summed E-state index contributed by atoms with van der Waals surface area (Å²) < 4.78 is 11.5. The number of nitrogens with one attached hydrogen (secondary N) is 3. The predicted octanol–water partition coefficient (Wildman–Crippen LogP) is 1.31. The summed E-state index contributed by atoms with van der Waals surface area (Å²) in [6.45, 7) is 3.85. The largest absolute Gasteiger partial charge is 0.480 e. The minimum absolute atomic E-state index is 0.00370. The Bertz CT molecular complexity index is 1390. The average Bonchev–Trinajstić information content (AvgIpc) is 3.23. The number of aliphatic carboxylic acids is 1. The van der Waals surface area contributed by atoms with Crippen molar-refractivity contribution in [2.24, 2.45) is 0 Å². The number of imidazole rings is 1. The molecule has 0 atom stereocenters. The van der Waals surface area contributed by atoms with Crippen molar-refractivity contribution < 1.29 is 33.8 Å². The highest BCUT2D eigenvalue weighted by atomic mass is 16.6. The van der Waals surface area contributed by atoms with Gasteiger partial charge in [-0.15, -0.1) is 0 Å². The summed E-state index contributed by atoms with van der Waals surface area (Å²) >= 11 is 0. The molecule has 0 saturated carbocycles. The second-order valence-electron chi connectivity index (χ2n) is 9.29. The smallest absolute Gasteiger partial charge is 0.413 e. The maximum absolute atomic E-state index is 12.9. The monoisotopic (exact) mass is 543 g/mol. The molecule has 208 valence electrons. The number of aromatic amines is 1. The molecule has 0 radical (unpaired) electrons. The molecule has 0 unspecified atom stereocenters. The van der Waals surface area contributed by atoms with E-state index in [-0.39, 0.29) is 36.7 Å². The SMILES string of the molecule is CC(C)(C)OC(=O)NCCN(CC(=O)O)C(=O)Cn1cnc2c(NC(=O)OCc3ccccc3)[nH]c(=O)nc21. The van der Waals surface area contributed by atoms with Gasteiger partial charge in [0.1, 0.15) is 36.6 Å². The highest BCUT2D eigenvalue weighted by Gasteiger charge is 2.21. The number of hydrogen-bond donors (Lipinski definition) is 4. The molecule has 39 heavy (non-hydrogen) atoms. The van der Waals surface area contributed by atoms with Crippen LogP contribution < -0.4 is 16.3 Å². The second kappa shape index (κ2) is 12.5. The first kappa shape index (κ1) is 28.6. The van der Waals surface area contributed by atoms with Crippen LogP contribution in [-0.4, -0.2) is 78.8 Å². The molecule has 4 N–H and O–H groups in total. The Morgan fingerprint density at radius 1 is 1.13 bits per heavy atom. The lowest BCUT2D eigenvalue weighted by Gasteiger charge is -2.23. The number of carboxylic acid groups (broad SMARTS) is 1. The van der Waals surface area contributed by atoms with Crippen LogP contribution in [0.3, 0.4) is 0 Å². The highest BCUT2D eigenvalue weighted by Crippen LogP contribution is 2.17. The standard InChI is InChI=1S/C24H29N7O8/c1-24(2,3)39-22(36)25-9-10-30(12-17(33)34)16(32)11-31-14-26-18-19(27-21(35)29-20(18)31)28-23(37)38-13-15-7-5-4-6-8-15/h4-8,14H,9-13H2,1-3H3,(H,25,36)(H,33,34)(H2,27,28,29,35,37). The molecule has 1 aromatic carbocycles. The van der Waals surface area contributed by atoms with Crippen molar-refractivity contribution >= 4 is 41.0 Å². The van der Waals surface area contributed by atoms with Gasteiger partial charge in [-0.1, -0.05) is 30.3 Å². The van der Waals surface area contributed by atoms with E-state index in [1.165, 1.54) is 10.9 Å². The fourth-order valence-corrected chi connectivity index (χ4v) is 3.34. The number of amides is 3. The number of benzene rings is 1. The number of carboxylic acids is 1. The third-order valence-corrected chi connectivity index (χ3v) is 4.96. The third-order valence-electron chi connectivity index (χ3n) is 4.96. The molecule has 3 aromatic rings. The van der Waals surface area contributed by atoms with Gasteiger partial charge < -0.3 is 29.4 Å². The van der Waals surface area contributed by atoms with E-state index in [4.69, 9.17) is 9.47 Å². The van der Waals surface area contributed by atoms with E-state index in [2.05, 4.69) is 25.6 Å². The van der Waals surface area contributed by atoms with Crippen LogP contribution in [0.15, 0.2) is 41.5 Å². The summed E-state index contributed by atoms with van der Waals surface area (Å²) in [7, 11) is 0. The Balaban J connectivity index is 1.68. The molecule has 3 amide bonds. The predicted molar refractivity (Wildman–Crippen MR) is 137 cm³/mol. The molecule has 0 aliphatic heterocycles. The van der Waals surface area contributed by atoms with Crippen molar-refractivity contribution in [1.29, 1.82) is 0 Å². The minimum atomic E-state index is -1.26. The van der Waals surface area contributed by atoms with E-state index in [0.717, 1.165) is 10.5 Å². The van der Waals surface area contributed by atoms with Gasteiger partial charge >= 0.3 is 23.8 Å². The number of carbonyl (C=O) groups excluding carboxylic acids is 3. The van der Waals surface area contributed by atoms with Crippen molar-refractivity contribution in [2.45, 2.75) is 39.5 Å². The van der Waals surface area contributed by atoms with Crippen LogP contribution in [0.1, 0.15) is 26.3 Å². The fraction of sp³-hybridized carbons (Fsp3) is 0.375. The summed E-state index contributed by atoms with van der Waals surface area (Å²) in [5, 5.41) is 14.1. The van der Waals surface area contributed by atoms with Crippen molar-refractivity contribution in [3.8, 4) is 0 Å². The molecular formula is C24H29N7O8. The van der Waals surface area contributed by atoms with E-state index in [1.807, 2.05) is 6.07 Å². The number of alkyl carbamates (subject to hydrolysis) is 1. The molecule has 2 aromatic heterocycles. The third kappa shape index (κ3) is 8.84. The zero-order chi connectivity index (χ0) is 28.6. The van der Waals surface area contributed by atoms with E-state index in [0.29, 0.717) is 0 Å².